The predicted molar refractivity (Wildman–Crippen MR) is 128 cm³/mol. The smallest absolute Gasteiger partial charge is 0.246 e. The Morgan fingerprint density at radius 1 is 0.939 bits per heavy atom. The Balaban J connectivity index is 1.15. The van der Waals surface area contributed by atoms with Gasteiger partial charge in [-0.05, 0) is 23.8 Å². The average Bonchev–Trinajstić information content (AvgIpc) is 3.26. The highest BCUT2D eigenvalue weighted by Crippen LogP contribution is 2.24. The molecule has 2 heterocycles. The lowest BCUT2D eigenvalue weighted by molar-refractivity contribution is -0.127. The Kier molecular flexibility index (Phi) is 7.52. The van der Waals surface area contributed by atoms with Gasteiger partial charge in [-0.3, -0.25) is 19.3 Å². The molecule has 0 aliphatic carbocycles. The highest BCUT2D eigenvalue weighted by molar-refractivity contribution is 6.00. The summed E-state index contributed by atoms with van der Waals surface area (Å²) in [5, 5.41) is 2.99. The molecule has 1 atom stereocenters. The van der Waals surface area contributed by atoms with Crippen molar-refractivity contribution in [3.05, 3.63) is 72.3 Å². The SMILES string of the molecule is O=C(NCCN1CCN(C(=O)/C=C/c2ccccc2)CC1)C1CC(=O)N(c2ccccc2)C1. The van der Waals surface area contributed by atoms with Crippen LogP contribution in [0, 0.1) is 5.92 Å². The van der Waals surface area contributed by atoms with Gasteiger partial charge in [0.15, 0.2) is 0 Å². The van der Waals surface area contributed by atoms with Crippen molar-refractivity contribution in [1.82, 2.24) is 15.1 Å². The molecule has 0 saturated carbocycles. The predicted octanol–water partition coefficient (Wildman–Crippen LogP) is 2.01. The lowest BCUT2D eigenvalue weighted by Gasteiger charge is -2.34. The van der Waals surface area contributed by atoms with Crippen LogP contribution < -0.4 is 10.2 Å². The van der Waals surface area contributed by atoms with Gasteiger partial charge in [0.2, 0.25) is 17.7 Å². The highest BCUT2D eigenvalue weighted by Gasteiger charge is 2.35. The first-order valence-electron chi connectivity index (χ1n) is 11.5. The molecule has 1 N–H and O–H groups in total. The molecule has 4 rings (SSSR count). The average molecular weight is 447 g/mol. The minimum atomic E-state index is -0.316. The fourth-order valence-electron chi connectivity index (χ4n) is 4.25. The van der Waals surface area contributed by atoms with E-state index in [1.165, 1.54) is 0 Å². The van der Waals surface area contributed by atoms with Crippen molar-refractivity contribution in [3.63, 3.8) is 0 Å². The van der Waals surface area contributed by atoms with Crippen LogP contribution in [0.25, 0.3) is 6.08 Å². The molecule has 2 fully saturated rings. The van der Waals surface area contributed by atoms with E-state index in [1.807, 2.05) is 71.6 Å². The van der Waals surface area contributed by atoms with E-state index in [0.29, 0.717) is 26.2 Å². The number of carbonyl (C=O) groups excluding carboxylic acids is 3. The zero-order valence-electron chi connectivity index (χ0n) is 18.7. The molecule has 2 aromatic rings. The van der Waals surface area contributed by atoms with Crippen molar-refractivity contribution in [2.24, 2.45) is 5.92 Å². The van der Waals surface area contributed by atoms with Gasteiger partial charge in [0.1, 0.15) is 0 Å². The number of amides is 3. The van der Waals surface area contributed by atoms with Crippen LogP contribution in [0.2, 0.25) is 0 Å². The summed E-state index contributed by atoms with van der Waals surface area (Å²) in [5.41, 5.74) is 1.85. The van der Waals surface area contributed by atoms with Gasteiger partial charge in [0.05, 0.1) is 5.92 Å². The Hall–Kier alpha value is -3.45. The number of piperazine rings is 1. The highest BCUT2D eigenvalue weighted by atomic mass is 16.2. The quantitative estimate of drug-likeness (QED) is 0.661. The third kappa shape index (κ3) is 6.08. The fourth-order valence-corrected chi connectivity index (χ4v) is 4.25. The van der Waals surface area contributed by atoms with E-state index in [1.54, 1.807) is 11.0 Å². The number of nitrogens with one attached hydrogen (secondary N) is 1. The molecule has 3 amide bonds. The number of para-hydroxylation sites is 1. The molecule has 172 valence electrons. The summed E-state index contributed by atoms with van der Waals surface area (Å²) in [6.45, 7) is 4.61. The fraction of sp³-hybridized carbons (Fsp3) is 0.346. The van der Waals surface area contributed by atoms with Crippen LogP contribution >= 0.6 is 0 Å². The van der Waals surface area contributed by atoms with Crippen molar-refractivity contribution in [1.29, 1.82) is 0 Å². The Morgan fingerprint density at radius 2 is 1.61 bits per heavy atom. The summed E-state index contributed by atoms with van der Waals surface area (Å²) in [4.78, 5) is 43.1. The molecule has 2 aliphatic rings. The van der Waals surface area contributed by atoms with Gasteiger partial charge in [0.25, 0.3) is 0 Å². The van der Waals surface area contributed by atoms with Crippen LogP contribution in [0.3, 0.4) is 0 Å². The second-order valence-electron chi connectivity index (χ2n) is 8.44. The molecular weight excluding hydrogens is 416 g/mol. The van der Waals surface area contributed by atoms with Crippen LogP contribution in [-0.2, 0) is 14.4 Å². The third-order valence-electron chi connectivity index (χ3n) is 6.19. The van der Waals surface area contributed by atoms with Crippen LogP contribution in [0.5, 0.6) is 0 Å². The van der Waals surface area contributed by atoms with Gasteiger partial charge < -0.3 is 15.1 Å². The van der Waals surface area contributed by atoms with Gasteiger partial charge in [-0.2, -0.15) is 0 Å². The maximum atomic E-state index is 12.6. The van der Waals surface area contributed by atoms with Gasteiger partial charge >= 0.3 is 0 Å². The molecule has 2 aliphatic heterocycles. The van der Waals surface area contributed by atoms with Gasteiger partial charge in [-0.1, -0.05) is 48.5 Å². The van der Waals surface area contributed by atoms with E-state index in [9.17, 15) is 14.4 Å². The van der Waals surface area contributed by atoms with Crippen molar-refractivity contribution in [2.45, 2.75) is 6.42 Å². The molecule has 2 saturated heterocycles. The van der Waals surface area contributed by atoms with Crippen molar-refractivity contribution in [2.75, 3.05) is 50.7 Å². The van der Waals surface area contributed by atoms with E-state index in [2.05, 4.69) is 10.2 Å². The van der Waals surface area contributed by atoms with Crippen LogP contribution in [0.4, 0.5) is 5.69 Å². The summed E-state index contributed by atoms with van der Waals surface area (Å²) in [6.07, 6.45) is 3.72. The van der Waals surface area contributed by atoms with E-state index in [-0.39, 0.29) is 30.1 Å². The topological polar surface area (TPSA) is 73.0 Å². The second kappa shape index (κ2) is 10.9. The number of carbonyl (C=O) groups is 3. The maximum absolute atomic E-state index is 12.6. The molecule has 0 bridgehead atoms. The van der Waals surface area contributed by atoms with Gasteiger partial charge in [-0.15, -0.1) is 0 Å². The molecule has 7 heteroatoms. The zero-order chi connectivity index (χ0) is 23.0. The van der Waals surface area contributed by atoms with Gasteiger partial charge in [0, 0.05) is 64.0 Å². The van der Waals surface area contributed by atoms with Crippen molar-refractivity contribution in [3.8, 4) is 0 Å². The van der Waals surface area contributed by atoms with E-state index in [4.69, 9.17) is 0 Å². The van der Waals surface area contributed by atoms with Crippen LogP contribution in [0.1, 0.15) is 12.0 Å². The largest absolute Gasteiger partial charge is 0.355 e. The molecule has 0 radical (unpaired) electrons. The minimum Gasteiger partial charge on any atom is -0.355 e. The number of hydrogen-bond donors (Lipinski definition) is 1. The maximum Gasteiger partial charge on any atom is 0.246 e. The first-order valence-corrected chi connectivity index (χ1v) is 11.5. The first kappa shape index (κ1) is 22.7. The minimum absolute atomic E-state index is 0.0107. The number of benzene rings is 2. The van der Waals surface area contributed by atoms with E-state index >= 15 is 0 Å². The lowest BCUT2D eigenvalue weighted by atomic mass is 10.1. The summed E-state index contributed by atoms with van der Waals surface area (Å²) in [7, 11) is 0. The third-order valence-corrected chi connectivity index (χ3v) is 6.19. The van der Waals surface area contributed by atoms with Gasteiger partial charge in [-0.25, -0.2) is 0 Å². The summed E-state index contributed by atoms with van der Waals surface area (Å²) in [5.74, 6) is -0.366. The van der Waals surface area contributed by atoms with E-state index < -0.39 is 0 Å². The summed E-state index contributed by atoms with van der Waals surface area (Å²) in [6, 6.07) is 19.3. The molecule has 0 spiro atoms. The molecular formula is C26H30N4O3. The van der Waals surface area contributed by atoms with Crippen LogP contribution in [-0.4, -0.2) is 73.3 Å². The lowest BCUT2D eigenvalue weighted by Crippen LogP contribution is -2.50. The standard InChI is InChI=1S/C26H30N4O3/c31-24(12-11-21-7-3-1-4-8-21)29-17-15-28(16-18-29)14-13-27-26(33)22-19-25(32)30(20-22)23-9-5-2-6-10-23/h1-12,22H,13-20H2,(H,27,33)/b12-11+. The summed E-state index contributed by atoms with van der Waals surface area (Å²) >= 11 is 0. The molecule has 0 aromatic heterocycles. The number of hydrogen-bond acceptors (Lipinski definition) is 4. The number of anilines is 1. The molecule has 33 heavy (non-hydrogen) atoms. The van der Waals surface area contributed by atoms with Crippen LogP contribution in [0.15, 0.2) is 66.7 Å². The second-order valence-corrected chi connectivity index (χ2v) is 8.44. The Morgan fingerprint density at radius 3 is 2.30 bits per heavy atom. The van der Waals surface area contributed by atoms with E-state index in [0.717, 1.165) is 30.9 Å². The molecule has 1 unspecified atom stereocenters. The molecule has 7 nitrogen and oxygen atoms in total. The monoisotopic (exact) mass is 446 g/mol. The van der Waals surface area contributed by atoms with Crippen molar-refractivity contribution < 1.29 is 14.4 Å². The summed E-state index contributed by atoms with van der Waals surface area (Å²) < 4.78 is 0. The number of nitrogens with zero attached hydrogens (tertiary/aromatic N) is 3. The number of rotatable bonds is 7. The molecule has 2 aromatic carbocycles. The van der Waals surface area contributed by atoms with Crippen molar-refractivity contribution >= 4 is 29.5 Å². The Labute approximate surface area is 194 Å². The first-order chi connectivity index (χ1) is 16.1. The normalized spacial score (nSPS) is 19.3. The Bertz CT molecular complexity index is 985. The zero-order valence-corrected chi connectivity index (χ0v) is 18.7.